The van der Waals surface area contributed by atoms with Crippen molar-refractivity contribution in [2.75, 3.05) is 5.32 Å². The molecule has 0 aliphatic carbocycles. The van der Waals surface area contributed by atoms with E-state index in [1.807, 2.05) is 6.92 Å². The summed E-state index contributed by atoms with van der Waals surface area (Å²) in [5.74, 6) is -0.929. The molecule has 3 nitrogen and oxygen atoms in total. The lowest BCUT2D eigenvalue weighted by Crippen LogP contribution is -2.12. The van der Waals surface area contributed by atoms with E-state index in [2.05, 4.69) is 5.32 Å². The molecule has 2 rings (SSSR count). The summed E-state index contributed by atoms with van der Waals surface area (Å²) in [6.07, 6.45) is 0. The van der Waals surface area contributed by atoms with E-state index in [4.69, 9.17) is 0 Å². The molecule has 0 radical (unpaired) electrons. The summed E-state index contributed by atoms with van der Waals surface area (Å²) >= 11 is 0. The van der Waals surface area contributed by atoms with Crippen LogP contribution in [0.5, 0.6) is 5.75 Å². The number of phenolic OH excluding ortho intramolecular Hbond substituents is 1. The predicted molar refractivity (Wildman–Crippen MR) is 71.9 cm³/mol. The molecular formula is C15H14FNO2. The lowest BCUT2D eigenvalue weighted by molar-refractivity contribution is 0.102. The zero-order valence-corrected chi connectivity index (χ0v) is 10.7. The first kappa shape index (κ1) is 13.1. The second kappa shape index (κ2) is 5.10. The molecule has 0 spiro atoms. The van der Waals surface area contributed by atoms with Crippen LogP contribution >= 0.6 is 0 Å². The van der Waals surface area contributed by atoms with E-state index in [-0.39, 0.29) is 11.3 Å². The lowest BCUT2D eigenvalue weighted by atomic mass is 10.1. The van der Waals surface area contributed by atoms with Gasteiger partial charge in [0.25, 0.3) is 5.91 Å². The van der Waals surface area contributed by atoms with Gasteiger partial charge in [-0.1, -0.05) is 6.07 Å². The van der Waals surface area contributed by atoms with Gasteiger partial charge in [-0.25, -0.2) is 4.39 Å². The number of nitrogens with one attached hydrogen (secondary N) is 1. The Morgan fingerprint density at radius 3 is 2.47 bits per heavy atom. The SMILES string of the molecule is Cc1cc(F)cc(C(=O)Nc2ccc(C)cc2O)c1. The van der Waals surface area contributed by atoms with E-state index >= 15 is 0 Å². The molecule has 0 aliphatic heterocycles. The summed E-state index contributed by atoms with van der Waals surface area (Å²) in [5.41, 5.74) is 2.07. The molecule has 2 N–H and O–H groups in total. The molecule has 0 aromatic heterocycles. The number of rotatable bonds is 2. The summed E-state index contributed by atoms with van der Waals surface area (Å²) in [6, 6.07) is 9.02. The maximum absolute atomic E-state index is 13.2. The number of aryl methyl sites for hydroxylation is 2. The predicted octanol–water partition coefficient (Wildman–Crippen LogP) is 3.40. The van der Waals surface area contributed by atoms with Crippen molar-refractivity contribution < 1.29 is 14.3 Å². The molecule has 0 saturated carbocycles. The number of hydrogen-bond acceptors (Lipinski definition) is 2. The van der Waals surface area contributed by atoms with Gasteiger partial charge in [-0.3, -0.25) is 4.79 Å². The summed E-state index contributed by atoms with van der Waals surface area (Å²) < 4.78 is 13.2. The second-order valence-corrected chi connectivity index (χ2v) is 4.49. The zero-order valence-electron chi connectivity index (χ0n) is 10.7. The Labute approximate surface area is 110 Å². The van der Waals surface area contributed by atoms with E-state index in [0.717, 1.165) is 11.6 Å². The van der Waals surface area contributed by atoms with E-state index in [1.165, 1.54) is 6.07 Å². The van der Waals surface area contributed by atoms with Crippen molar-refractivity contribution in [3.63, 3.8) is 0 Å². The Hall–Kier alpha value is -2.36. The molecule has 0 bridgehead atoms. The maximum Gasteiger partial charge on any atom is 0.255 e. The minimum atomic E-state index is -0.460. The minimum absolute atomic E-state index is 0.0125. The molecule has 0 heterocycles. The fourth-order valence-corrected chi connectivity index (χ4v) is 1.81. The van der Waals surface area contributed by atoms with Crippen molar-refractivity contribution in [1.29, 1.82) is 0 Å². The first-order valence-corrected chi connectivity index (χ1v) is 5.84. The summed E-state index contributed by atoms with van der Waals surface area (Å²) in [5, 5.41) is 12.3. The maximum atomic E-state index is 13.2. The van der Waals surface area contributed by atoms with Crippen LogP contribution in [0.25, 0.3) is 0 Å². The lowest BCUT2D eigenvalue weighted by Gasteiger charge is -2.08. The summed E-state index contributed by atoms with van der Waals surface area (Å²) in [4.78, 5) is 12.0. The van der Waals surface area contributed by atoms with E-state index in [9.17, 15) is 14.3 Å². The number of anilines is 1. The van der Waals surface area contributed by atoms with E-state index in [1.54, 1.807) is 31.2 Å². The minimum Gasteiger partial charge on any atom is -0.506 e. The Bertz CT molecular complexity index is 618. The number of hydrogen-bond donors (Lipinski definition) is 2. The Morgan fingerprint density at radius 1 is 1.11 bits per heavy atom. The fraction of sp³-hybridized carbons (Fsp3) is 0.133. The first-order chi connectivity index (χ1) is 8.95. The third kappa shape index (κ3) is 3.10. The molecule has 0 saturated heterocycles. The van der Waals surface area contributed by atoms with Crippen molar-refractivity contribution in [2.45, 2.75) is 13.8 Å². The number of benzene rings is 2. The molecule has 2 aromatic rings. The summed E-state index contributed by atoms with van der Waals surface area (Å²) in [6.45, 7) is 3.55. The Kier molecular flexibility index (Phi) is 3.51. The van der Waals surface area contributed by atoms with Crippen LogP contribution in [0.3, 0.4) is 0 Å². The van der Waals surface area contributed by atoms with Crippen molar-refractivity contribution >= 4 is 11.6 Å². The molecule has 1 amide bonds. The van der Waals surface area contributed by atoms with Crippen LogP contribution in [-0.2, 0) is 0 Å². The topological polar surface area (TPSA) is 49.3 Å². The smallest absolute Gasteiger partial charge is 0.255 e. The number of aromatic hydroxyl groups is 1. The average Bonchev–Trinajstić information content (AvgIpc) is 2.31. The molecule has 19 heavy (non-hydrogen) atoms. The highest BCUT2D eigenvalue weighted by Crippen LogP contribution is 2.24. The third-order valence-electron chi connectivity index (χ3n) is 2.71. The van der Waals surface area contributed by atoms with Crippen molar-refractivity contribution in [2.24, 2.45) is 0 Å². The molecule has 0 unspecified atom stereocenters. The number of halogens is 1. The highest BCUT2D eigenvalue weighted by molar-refractivity contribution is 6.05. The normalized spacial score (nSPS) is 10.3. The van der Waals surface area contributed by atoms with Crippen LogP contribution < -0.4 is 5.32 Å². The van der Waals surface area contributed by atoms with Crippen LogP contribution in [-0.4, -0.2) is 11.0 Å². The Morgan fingerprint density at radius 2 is 1.84 bits per heavy atom. The van der Waals surface area contributed by atoms with Gasteiger partial charge in [0.15, 0.2) is 0 Å². The largest absolute Gasteiger partial charge is 0.506 e. The molecule has 98 valence electrons. The quantitative estimate of drug-likeness (QED) is 0.812. The highest BCUT2D eigenvalue weighted by Gasteiger charge is 2.10. The van der Waals surface area contributed by atoms with Crippen molar-refractivity contribution in [1.82, 2.24) is 0 Å². The first-order valence-electron chi connectivity index (χ1n) is 5.84. The average molecular weight is 259 g/mol. The van der Waals surface area contributed by atoms with Crippen molar-refractivity contribution in [3.05, 3.63) is 58.9 Å². The number of carbonyl (C=O) groups is 1. The molecule has 4 heteroatoms. The van der Waals surface area contributed by atoms with Crippen LogP contribution in [0.4, 0.5) is 10.1 Å². The van der Waals surface area contributed by atoms with Crippen LogP contribution in [0.1, 0.15) is 21.5 Å². The van der Waals surface area contributed by atoms with Gasteiger partial charge in [-0.2, -0.15) is 0 Å². The zero-order chi connectivity index (χ0) is 14.0. The van der Waals surface area contributed by atoms with Gasteiger partial charge in [0, 0.05) is 5.56 Å². The number of amides is 1. The summed E-state index contributed by atoms with van der Waals surface area (Å²) in [7, 11) is 0. The second-order valence-electron chi connectivity index (χ2n) is 4.49. The molecule has 2 aromatic carbocycles. The van der Waals surface area contributed by atoms with E-state index < -0.39 is 11.7 Å². The van der Waals surface area contributed by atoms with Gasteiger partial charge >= 0.3 is 0 Å². The molecule has 0 fully saturated rings. The number of carbonyl (C=O) groups excluding carboxylic acids is 1. The van der Waals surface area contributed by atoms with Crippen LogP contribution in [0.15, 0.2) is 36.4 Å². The van der Waals surface area contributed by atoms with Gasteiger partial charge in [0.2, 0.25) is 0 Å². The Balaban J connectivity index is 2.25. The molecule has 0 aliphatic rings. The van der Waals surface area contributed by atoms with Gasteiger partial charge in [-0.15, -0.1) is 0 Å². The third-order valence-corrected chi connectivity index (χ3v) is 2.71. The standard InChI is InChI=1S/C15H14FNO2/c1-9-3-4-13(14(18)7-9)17-15(19)11-5-10(2)6-12(16)8-11/h3-8,18H,1-2H3,(H,17,19). The highest BCUT2D eigenvalue weighted by atomic mass is 19.1. The van der Waals surface area contributed by atoms with Gasteiger partial charge in [0.05, 0.1) is 5.69 Å². The van der Waals surface area contributed by atoms with E-state index in [0.29, 0.717) is 11.3 Å². The van der Waals surface area contributed by atoms with Gasteiger partial charge in [0.1, 0.15) is 11.6 Å². The molecular weight excluding hydrogens is 245 g/mol. The van der Waals surface area contributed by atoms with Gasteiger partial charge in [-0.05, 0) is 55.3 Å². The van der Waals surface area contributed by atoms with Crippen molar-refractivity contribution in [3.8, 4) is 5.75 Å². The number of phenols is 1. The monoisotopic (exact) mass is 259 g/mol. The van der Waals surface area contributed by atoms with Crippen LogP contribution in [0, 0.1) is 19.7 Å². The molecule has 0 atom stereocenters. The fourth-order valence-electron chi connectivity index (χ4n) is 1.81. The van der Waals surface area contributed by atoms with Gasteiger partial charge < -0.3 is 10.4 Å². The van der Waals surface area contributed by atoms with Crippen LogP contribution in [0.2, 0.25) is 0 Å².